The zero-order valence-electron chi connectivity index (χ0n) is 15.8. The molecule has 1 aromatic heterocycles. The minimum atomic E-state index is -1.06. The molecule has 29 heavy (non-hydrogen) atoms. The van der Waals surface area contributed by atoms with Gasteiger partial charge >= 0.3 is 5.97 Å². The lowest BCUT2D eigenvalue weighted by Gasteiger charge is -2.21. The third-order valence-electron chi connectivity index (χ3n) is 4.92. The van der Waals surface area contributed by atoms with Gasteiger partial charge in [-0.1, -0.05) is 35.9 Å². The van der Waals surface area contributed by atoms with E-state index in [-0.39, 0.29) is 22.9 Å². The van der Waals surface area contributed by atoms with E-state index in [2.05, 4.69) is 4.98 Å². The van der Waals surface area contributed by atoms with Crippen LogP contribution < -0.4 is 0 Å². The van der Waals surface area contributed by atoms with Crippen LogP contribution in [0.1, 0.15) is 38.8 Å². The maximum Gasteiger partial charge on any atom is 0.329 e. The minimum absolute atomic E-state index is 0.109. The lowest BCUT2D eigenvalue weighted by Crippen LogP contribution is -2.43. The summed E-state index contributed by atoms with van der Waals surface area (Å²) in [6, 6.07) is 13.0. The second kappa shape index (κ2) is 7.29. The number of esters is 1. The predicted molar refractivity (Wildman–Crippen MR) is 108 cm³/mol. The second-order valence-corrected chi connectivity index (χ2v) is 7.30. The summed E-state index contributed by atoms with van der Waals surface area (Å²) in [6.45, 7) is 3.32. The van der Waals surface area contributed by atoms with Crippen molar-refractivity contribution in [3.05, 3.63) is 75.9 Å². The summed E-state index contributed by atoms with van der Waals surface area (Å²) >= 11 is 6.23. The summed E-state index contributed by atoms with van der Waals surface area (Å²) < 4.78 is 5.34. The molecule has 2 aromatic carbocycles. The molecule has 0 fully saturated rings. The molecule has 1 unspecified atom stereocenters. The number of nitrogens with zero attached hydrogens (tertiary/aromatic N) is 2. The molecule has 1 aliphatic rings. The smallest absolute Gasteiger partial charge is 0.329 e. The molecule has 4 rings (SSSR count). The van der Waals surface area contributed by atoms with E-state index in [0.29, 0.717) is 5.56 Å². The molecule has 3 aromatic rings. The fourth-order valence-corrected chi connectivity index (χ4v) is 3.53. The minimum Gasteiger partial charge on any atom is -0.459 e. The molecule has 2 heterocycles. The Morgan fingerprint density at radius 1 is 1.10 bits per heavy atom. The van der Waals surface area contributed by atoms with Crippen molar-refractivity contribution in [3.63, 3.8) is 0 Å². The predicted octanol–water partition coefficient (Wildman–Crippen LogP) is 3.92. The first kappa shape index (κ1) is 19.1. The van der Waals surface area contributed by atoms with Crippen LogP contribution in [0.4, 0.5) is 0 Å². The summed E-state index contributed by atoms with van der Waals surface area (Å²) in [7, 11) is 0. The number of aromatic nitrogens is 1. The number of aryl methyl sites for hydroxylation is 1. The Morgan fingerprint density at radius 2 is 1.76 bits per heavy atom. The van der Waals surface area contributed by atoms with Gasteiger partial charge < -0.3 is 4.74 Å². The molecule has 0 radical (unpaired) electrons. The van der Waals surface area contributed by atoms with Crippen molar-refractivity contribution >= 4 is 40.3 Å². The number of imide groups is 1. The molecule has 146 valence electrons. The zero-order chi connectivity index (χ0) is 20.7. The maximum absolute atomic E-state index is 12.5. The molecular formula is C22H17ClN2O4. The summed E-state index contributed by atoms with van der Waals surface area (Å²) in [5.41, 5.74) is 2.94. The van der Waals surface area contributed by atoms with Crippen LogP contribution >= 0.6 is 11.6 Å². The van der Waals surface area contributed by atoms with Crippen LogP contribution in [0.25, 0.3) is 10.9 Å². The van der Waals surface area contributed by atoms with Gasteiger partial charge in [-0.3, -0.25) is 14.5 Å². The fourth-order valence-electron chi connectivity index (χ4n) is 3.33. The molecule has 0 bridgehead atoms. The molecule has 0 aliphatic carbocycles. The van der Waals surface area contributed by atoms with Gasteiger partial charge in [-0.2, -0.15) is 0 Å². The molecular weight excluding hydrogens is 392 g/mol. The highest BCUT2D eigenvalue weighted by atomic mass is 35.5. The van der Waals surface area contributed by atoms with E-state index >= 15 is 0 Å². The number of amides is 2. The van der Waals surface area contributed by atoms with Crippen LogP contribution in [0.2, 0.25) is 5.15 Å². The number of fused-ring (bicyclic) bond motifs is 2. The van der Waals surface area contributed by atoms with Gasteiger partial charge in [0.25, 0.3) is 11.8 Å². The van der Waals surface area contributed by atoms with Gasteiger partial charge in [-0.05, 0) is 43.7 Å². The molecule has 1 atom stereocenters. The number of carbonyl (C=O) groups is 3. The second-order valence-electron chi connectivity index (χ2n) is 6.94. The number of hydrogen-bond donors (Lipinski definition) is 0. The zero-order valence-corrected chi connectivity index (χ0v) is 16.6. The van der Waals surface area contributed by atoms with E-state index in [1.165, 1.54) is 6.92 Å². The van der Waals surface area contributed by atoms with Crippen molar-refractivity contribution in [1.82, 2.24) is 9.88 Å². The number of halogens is 1. The topological polar surface area (TPSA) is 76.6 Å². The summed E-state index contributed by atoms with van der Waals surface area (Å²) in [4.78, 5) is 42.8. The van der Waals surface area contributed by atoms with E-state index in [0.717, 1.165) is 21.4 Å². The summed E-state index contributed by atoms with van der Waals surface area (Å²) in [6.07, 6.45) is 0. The monoisotopic (exact) mass is 408 g/mol. The van der Waals surface area contributed by atoms with Gasteiger partial charge in [0.2, 0.25) is 0 Å². The van der Waals surface area contributed by atoms with Crippen molar-refractivity contribution in [2.45, 2.75) is 26.5 Å². The molecule has 0 saturated carbocycles. The molecule has 0 spiro atoms. The number of rotatable bonds is 4. The van der Waals surface area contributed by atoms with Gasteiger partial charge in [-0.25, -0.2) is 9.78 Å². The Hall–Kier alpha value is -3.25. The lowest BCUT2D eigenvalue weighted by atomic mass is 10.1. The fraction of sp³-hybridized carbons (Fsp3) is 0.182. The standard InChI is InChI=1S/C22H17ClN2O4/c1-12-7-8-14-10-15(19(23)24-18(14)9-12)11-29-22(28)13(2)25-20(26)16-5-3-4-6-17(16)21(25)27/h3-10,13H,11H2,1-2H3. The first-order chi connectivity index (χ1) is 13.9. The number of benzene rings is 2. The van der Waals surface area contributed by atoms with E-state index in [1.807, 2.05) is 31.2 Å². The first-order valence-corrected chi connectivity index (χ1v) is 9.44. The molecule has 2 amide bonds. The van der Waals surface area contributed by atoms with E-state index < -0.39 is 23.8 Å². The average Bonchev–Trinajstić information content (AvgIpc) is 2.96. The largest absolute Gasteiger partial charge is 0.459 e. The maximum atomic E-state index is 12.5. The Labute approximate surface area is 172 Å². The molecule has 0 N–H and O–H groups in total. The number of hydrogen-bond acceptors (Lipinski definition) is 5. The van der Waals surface area contributed by atoms with Crippen molar-refractivity contribution in [3.8, 4) is 0 Å². The summed E-state index contributed by atoms with van der Waals surface area (Å²) in [5.74, 6) is -1.70. The molecule has 6 nitrogen and oxygen atoms in total. The number of ether oxygens (including phenoxy) is 1. The quantitative estimate of drug-likeness (QED) is 0.371. The third kappa shape index (κ3) is 3.36. The Balaban J connectivity index is 1.50. The Morgan fingerprint density at radius 3 is 2.41 bits per heavy atom. The number of carbonyl (C=O) groups excluding carboxylic acids is 3. The van der Waals surface area contributed by atoms with Crippen LogP contribution in [-0.2, 0) is 16.1 Å². The van der Waals surface area contributed by atoms with Gasteiger partial charge in [-0.15, -0.1) is 0 Å². The highest BCUT2D eigenvalue weighted by molar-refractivity contribution is 6.30. The van der Waals surface area contributed by atoms with E-state index in [1.54, 1.807) is 24.3 Å². The molecule has 7 heteroatoms. The van der Waals surface area contributed by atoms with Crippen molar-refractivity contribution in [2.75, 3.05) is 0 Å². The van der Waals surface area contributed by atoms with Crippen molar-refractivity contribution in [2.24, 2.45) is 0 Å². The van der Waals surface area contributed by atoms with Crippen LogP contribution in [0.5, 0.6) is 0 Å². The van der Waals surface area contributed by atoms with Gasteiger partial charge in [0.15, 0.2) is 0 Å². The SMILES string of the molecule is Cc1ccc2cc(COC(=O)C(C)N3C(=O)c4ccccc4C3=O)c(Cl)nc2c1. The van der Waals surface area contributed by atoms with Crippen molar-refractivity contribution < 1.29 is 19.1 Å². The first-order valence-electron chi connectivity index (χ1n) is 9.06. The Bertz CT molecular complexity index is 1140. The highest BCUT2D eigenvalue weighted by Crippen LogP contribution is 2.26. The highest BCUT2D eigenvalue weighted by Gasteiger charge is 2.41. The number of pyridine rings is 1. The van der Waals surface area contributed by atoms with Crippen LogP contribution in [-0.4, -0.2) is 33.7 Å². The summed E-state index contributed by atoms with van der Waals surface area (Å²) in [5, 5.41) is 1.11. The van der Waals surface area contributed by atoms with Crippen LogP contribution in [0.15, 0.2) is 48.5 Å². The van der Waals surface area contributed by atoms with E-state index in [9.17, 15) is 14.4 Å². The Kier molecular flexibility index (Phi) is 4.80. The van der Waals surface area contributed by atoms with E-state index in [4.69, 9.17) is 16.3 Å². The van der Waals surface area contributed by atoms with Crippen LogP contribution in [0, 0.1) is 6.92 Å². The lowest BCUT2D eigenvalue weighted by molar-refractivity contribution is -0.149. The average molecular weight is 409 g/mol. The third-order valence-corrected chi connectivity index (χ3v) is 5.25. The molecule has 1 aliphatic heterocycles. The van der Waals surface area contributed by atoms with Crippen LogP contribution in [0.3, 0.4) is 0 Å². The van der Waals surface area contributed by atoms with Crippen molar-refractivity contribution in [1.29, 1.82) is 0 Å². The van der Waals surface area contributed by atoms with Gasteiger partial charge in [0.05, 0.1) is 16.6 Å². The normalized spacial score (nSPS) is 14.2. The van der Waals surface area contributed by atoms with Gasteiger partial charge in [0.1, 0.15) is 17.8 Å². The van der Waals surface area contributed by atoms with Gasteiger partial charge in [0, 0.05) is 10.9 Å². The molecule has 0 saturated heterocycles.